The molecular formula is C24H26N4O2. The maximum absolute atomic E-state index is 13.1. The Bertz CT molecular complexity index is 1050. The van der Waals surface area contributed by atoms with Crippen LogP contribution in [0.2, 0.25) is 0 Å². The number of benzene rings is 2. The van der Waals surface area contributed by atoms with E-state index in [0.29, 0.717) is 24.2 Å². The van der Waals surface area contributed by atoms with Crippen molar-refractivity contribution in [3.63, 3.8) is 0 Å². The molecule has 1 aromatic heterocycles. The van der Waals surface area contributed by atoms with Crippen LogP contribution in [-0.4, -0.2) is 45.6 Å². The molecular weight excluding hydrogens is 376 g/mol. The molecule has 1 N–H and O–H groups in total. The molecule has 4 rings (SSSR count). The number of hydrogen-bond donors (Lipinski definition) is 1. The number of likely N-dealkylation sites (tertiary alicyclic amines) is 1. The quantitative estimate of drug-likeness (QED) is 0.726. The van der Waals surface area contributed by atoms with Crippen molar-refractivity contribution in [2.45, 2.75) is 32.7 Å². The number of carbonyl (C=O) groups excluding carboxylic acids is 2. The molecule has 1 fully saturated rings. The van der Waals surface area contributed by atoms with Crippen LogP contribution in [0.4, 0.5) is 0 Å². The van der Waals surface area contributed by atoms with Gasteiger partial charge in [-0.3, -0.25) is 9.59 Å². The fraction of sp³-hybridized carbons (Fsp3) is 0.292. The fourth-order valence-electron chi connectivity index (χ4n) is 3.90. The lowest BCUT2D eigenvalue weighted by Crippen LogP contribution is -2.46. The molecule has 30 heavy (non-hydrogen) atoms. The van der Waals surface area contributed by atoms with Crippen molar-refractivity contribution in [2.75, 3.05) is 13.1 Å². The normalized spacial score (nSPS) is 14.5. The number of aryl methyl sites for hydroxylation is 1. The van der Waals surface area contributed by atoms with Crippen molar-refractivity contribution in [3.8, 4) is 5.69 Å². The standard InChI is InChI=1S/C24H26N4O2/c1-17-7-6-10-21(15-17)28-18(2)22(16-25-28)24(30)27-13-11-20(12-14-27)26-23(29)19-8-4-3-5-9-19/h3-10,15-16,20H,11-14H2,1-2H3,(H,26,29). The van der Waals surface area contributed by atoms with Gasteiger partial charge in [0.05, 0.1) is 23.1 Å². The van der Waals surface area contributed by atoms with Gasteiger partial charge in [-0.05, 0) is 56.5 Å². The molecule has 3 aromatic rings. The fourth-order valence-corrected chi connectivity index (χ4v) is 3.90. The van der Waals surface area contributed by atoms with E-state index in [-0.39, 0.29) is 17.9 Å². The summed E-state index contributed by atoms with van der Waals surface area (Å²) in [6, 6.07) is 17.4. The number of amides is 2. The maximum atomic E-state index is 13.1. The Hall–Kier alpha value is -3.41. The molecule has 0 saturated carbocycles. The van der Waals surface area contributed by atoms with E-state index in [1.165, 1.54) is 0 Å². The Morgan fingerprint density at radius 2 is 1.73 bits per heavy atom. The van der Waals surface area contributed by atoms with E-state index >= 15 is 0 Å². The molecule has 0 aliphatic carbocycles. The Labute approximate surface area is 176 Å². The monoisotopic (exact) mass is 402 g/mol. The van der Waals surface area contributed by atoms with E-state index in [1.54, 1.807) is 6.20 Å². The molecule has 0 unspecified atom stereocenters. The van der Waals surface area contributed by atoms with Crippen molar-refractivity contribution in [1.82, 2.24) is 20.0 Å². The van der Waals surface area contributed by atoms with E-state index in [2.05, 4.69) is 16.5 Å². The summed E-state index contributed by atoms with van der Waals surface area (Å²) in [4.78, 5) is 27.3. The van der Waals surface area contributed by atoms with Crippen molar-refractivity contribution >= 4 is 11.8 Å². The Morgan fingerprint density at radius 1 is 1.00 bits per heavy atom. The summed E-state index contributed by atoms with van der Waals surface area (Å²) in [5.41, 5.74) is 4.23. The van der Waals surface area contributed by atoms with E-state index in [9.17, 15) is 9.59 Å². The maximum Gasteiger partial charge on any atom is 0.257 e. The van der Waals surface area contributed by atoms with Crippen LogP contribution in [-0.2, 0) is 0 Å². The van der Waals surface area contributed by atoms with Crippen LogP contribution >= 0.6 is 0 Å². The second-order valence-electron chi connectivity index (χ2n) is 7.80. The van der Waals surface area contributed by atoms with Gasteiger partial charge in [0, 0.05) is 24.7 Å². The molecule has 1 aliphatic heterocycles. The highest BCUT2D eigenvalue weighted by Gasteiger charge is 2.27. The van der Waals surface area contributed by atoms with Crippen molar-refractivity contribution < 1.29 is 9.59 Å². The van der Waals surface area contributed by atoms with Crippen LogP contribution in [0.1, 0.15) is 44.8 Å². The molecule has 0 radical (unpaired) electrons. The third-order valence-electron chi connectivity index (χ3n) is 5.64. The van der Waals surface area contributed by atoms with Crippen LogP contribution in [0.15, 0.2) is 60.8 Å². The lowest BCUT2D eigenvalue weighted by Gasteiger charge is -2.32. The molecule has 154 valence electrons. The molecule has 0 atom stereocenters. The van der Waals surface area contributed by atoms with Crippen LogP contribution in [0, 0.1) is 13.8 Å². The average Bonchev–Trinajstić information content (AvgIpc) is 3.15. The van der Waals surface area contributed by atoms with E-state index in [0.717, 1.165) is 29.8 Å². The average molecular weight is 402 g/mol. The second kappa shape index (κ2) is 8.53. The summed E-state index contributed by atoms with van der Waals surface area (Å²) in [5, 5.41) is 7.53. The topological polar surface area (TPSA) is 67.2 Å². The zero-order valence-electron chi connectivity index (χ0n) is 17.3. The van der Waals surface area contributed by atoms with Gasteiger partial charge in [-0.15, -0.1) is 0 Å². The molecule has 6 nitrogen and oxygen atoms in total. The van der Waals surface area contributed by atoms with Crippen LogP contribution in [0.3, 0.4) is 0 Å². The van der Waals surface area contributed by atoms with E-state index < -0.39 is 0 Å². The number of rotatable bonds is 4. The highest BCUT2D eigenvalue weighted by molar-refractivity contribution is 5.95. The molecule has 1 aliphatic rings. The first kappa shape index (κ1) is 19.9. The van der Waals surface area contributed by atoms with E-state index in [4.69, 9.17) is 0 Å². The van der Waals surface area contributed by atoms with Crippen molar-refractivity contribution in [3.05, 3.63) is 83.2 Å². The summed E-state index contributed by atoms with van der Waals surface area (Å²) in [5.74, 6) is -0.0603. The summed E-state index contributed by atoms with van der Waals surface area (Å²) in [7, 11) is 0. The van der Waals surface area contributed by atoms with Gasteiger partial charge in [0.2, 0.25) is 0 Å². The van der Waals surface area contributed by atoms with Gasteiger partial charge in [0.25, 0.3) is 11.8 Å². The molecule has 2 aromatic carbocycles. The molecule has 0 bridgehead atoms. The third-order valence-corrected chi connectivity index (χ3v) is 5.64. The number of carbonyl (C=O) groups is 2. The minimum atomic E-state index is -0.0596. The van der Waals surface area contributed by atoms with Gasteiger partial charge in [0.1, 0.15) is 0 Å². The summed E-state index contributed by atoms with van der Waals surface area (Å²) < 4.78 is 1.81. The third kappa shape index (κ3) is 4.13. The predicted octanol–water partition coefficient (Wildman–Crippen LogP) is 3.52. The zero-order chi connectivity index (χ0) is 21.1. The minimum absolute atomic E-state index is 0.000705. The van der Waals surface area contributed by atoms with Crippen molar-refractivity contribution in [2.24, 2.45) is 0 Å². The van der Waals surface area contributed by atoms with E-state index in [1.807, 2.05) is 72.0 Å². The Morgan fingerprint density at radius 3 is 2.43 bits per heavy atom. The summed E-state index contributed by atoms with van der Waals surface area (Å²) >= 11 is 0. The molecule has 2 heterocycles. The van der Waals surface area contributed by atoms with Gasteiger partial charge in [-0.1, -0.05) is 30.3 Å². The number of piperidine rings is 1. The highest BCUT2D eigenvalue weighted by Crippen LogP contribution is 2.19. The first-order valence-corrected chi connectivity index (χ1v) is 10.3. The summed E-state index contributed by atoms with van der Waals surface area (Å²) in [6.45, 7) is 5.20. The highest BCUT2D eigenvalue weighted by atomic mass is 16.2. The van der Waals surface area contributed by atoms with Gasteiger partial charge >= 0.3 is 0 Å². The van der Waals surface area contributed by atoms with Gasteiger partial charge < -0.3 is 10.2 Å². The smallest absolute Gasteiger partial charge is 0.257 e. The molecule has 1 saturated heterocycles. The van der Waals surface area contributed by atoms with Crippen LogP contribution in [0.5, 0.6) is 0 Å². The minimum Gasteiger partial charge on any atom is -0.349 e. The number of hydrogen-bond acceptors (Lipinski definition) is 3. The predicted molar refractivity (Wildman–Crippen MR) is 116 cm³/mol. The summed E-state index contributed by atoms with van der Waals surface area (Å²) in [6.07, 6.45) is 3.15. The first-order valence-electron chi connectivity index (χ1n) is 10.3. The van der Waals surface area contributed by atoms with Crippen LogP contribution in [0.25, 0.3) is 5.69 Å². The Balaban J connectivity index is 1.38. The number of nitrogens with zero attached hydrogens (tertiary/aromatic N) is 3. The second-order valence-corrected chi connectivity index (χ2v) is 7.80. The van der Waals surface area contributed by atoms with Gasteiger partial charge in [-0.25, -0.2) is 4.68 Å². The zero-order valence-corrected chi connectivity index (χ0v) is 17.3. The van der Waals surface area contributed by atoms with Crippen molar-refractivity contribution in [1.29, 1.82) is 0 Å². The molecule has 0 spiro atoms. The molecule has 6 heteroatoms. The Kier molecular flexibility index (Phi) is 5.65. The SMILES string of the molecule is Cc1cccc(-n2ncc(C(=O)N3CCC(NC(=O)c4ccccc4)CC3)c2C)c1. The largest absolute Gasteiger partial charge is 0.349 e. The lowest BCUT2D eigenvalue weighted by molar-refractivity contribution is 0.0697. The molecule has 2 amide bonds. The van der Waals surface area contributed by atoms with Gasteiger partial charge in [0.15, 0.2) is 0 Å². The lowest BCUT2D eigenvalue weighted by atomic mass is 10.0. The number of nitrogens with one attached hydrogen (secondary N) is 1. The van der Waals surface area contributed by atoms with Crippen LogP contribution < -0.4 is 5.32 Å². The first-order chi connectivity index (χ1) is 14.5. The number of aromatic nitrogens is 2. The van der Waals surface area contributed by atoms with Gasteiger partial charge in [-0.2, -0.15) is 5.10 Å².